The number of nitrogens with one attached hydrogen (secondary N) is 2. The summed E-state index contributed by atoms with van der Waals surface area (Å²) in [5, 5.41) is 65.8. The normalized spacial score (nSPS) is 35.7. The standard InChI is InChI=1S/C52H76N2O8/c1-35(41-16-15-36(2)48(58)54-49(4,25-28-61-6)31-39-13-10-12-38(29-39)30-41)11-9-14-43(34-62-51(60)21-7-8-22-51)44-19-23-52(47(44)57)46-40(20-27-55)17-18-42(45(46)37(3)33-56)32-50(52,59)24-26-53-5/h9-15,17-18,29,33,40-42,44,46-48,53-55,57-60H,1,7-8,16,19-28,30-32,34H2,2-6H3. The number of aliphatic hydroxyl groups is 5. The number of rotatable bonds is 16. The van der Waals surface area contributed by atoms with Crippen LogP contribution >= 0.6 is 0 Å². The lowest BCUT2D eigenvalue weighted by Crippen LogP contribution is -2.65. The number of carbonyl (C=O) groups excluding carboxylic acids is 1. The van der Waals surface area contributed by atoms with Gasteiger partial charge in [-0.15, -0.1) is 0 Å². The molecule has 0 saturated heterocycles. The van der Waals surface area contributed by atoms with Crippen LogP contribution in [0.2, 0.25) is 0 Å². The van der Waals surface area contributed by atoms with E-state index in [1.807, 2.05) is 39.1 Å². The van der Waals surface area contributed by atoms with Crippen LogP contribution in [0.4, 0.5) is 0 Å². The SMILES string of the molecule is C=C(C=CC=C(COC1(O)CCCC1)C1CCC2(C1O)C1C(=C(C)C=O)C(C=CC1CCO)CC2(O)CCNC)C1CC=C(C)C(O)NC(C)(CCOC)Cc2cccc(c2)C1. The highest BCUT2D eigenvalue weighted by Crippen LogP contribution is 2.67. The second-order valence-corrected chi connectivity index (χ2v) is 19.7. The lowest BCUT2D eigenvalue weighted by molar-refractivity contribution is -0.200. The fourth-order valence-electron chi connectivity index (χ4n) is 12.0. The van der Waals surface area contributed by atoms with Crippen LogP contribution in [0.5, 0.6) is 0 Å². The number of carbonyl (C=O) groups is 1. The summed E-state index contributed by atoms with van der Waals surface area (Å²) in [6.07, 6.45) is 19.7. The largest absolute Gasteiger partial charge is 0.396 e. The van der Waals surface area contributed by atoms with Crippen molar-refractivity contribution in [2.75, 3.05) is 40.5 Å². The molecule has 4 aliphatic carbocycles. The van der Waals surface area contributed by atoms with E-state index in [-0.39, 0.29) is 42.4 Å². The third kappa shape index (κ3) is 10.4. The molecule has 6 rings (SSSR count). The summed E-state index contributed by atoms with van der Waals surface area (Å²) in [4.78, 5) is 12.5. The molecular formula is C52H76N2O8. The molecule has 10 nitrogen and oxygen atoms in total. The predicted molar refractivity (Wildman–Crippen MR) is 245 cm³/mol. The number of hydrogen-bond acceptors (Lipinski definition) is 10. The van der Waals surface area contributed by atoms with Gasteiger partial charge in [-0.25, -0.2) is 0 Å². The van der Waals surface area contributed by atoms with Crippen LogP contribution in [-0.4, -0.2) is 102 Å². The molecule has 10 atom stereocenters. The molecular weight excluding hydrogens is 781 g/mol. The Morgan fingerprint density at radius 3 is 2.56 bits per heavy atom. The van der Waals surface area contributed by atoms with Crippen LogP contribution in [0, 0.1) is 35.0 Å². The fraction of sp³-hybridized carbons (Fsp3) is 0.635. The highest BCUT2D eigenvalue weighted by Gasteiger charge is 2.68. The zero-order valence-corrected chi connectivity index (χ0v) is 38.1. The number of ether oxygens (including phenoxy) is 2. The van der Waals surface area contributed by atoms with E-state index in [2.05, 4.69) is 66.6 Å². The van der Waals surface area contributed by atoms with Gasteiger partial charge >= 0.3 is 0 Å². The van der Waals surface area contributed by atoms with Crippen LogP contribution in [0.1, 0.15) is 103 Å². The van der Waals surface area contributed by atoms with Crippen LogP contribution in [0.3, 0.4) is 0 Å². The van der Waals surface area contributed by atoms with E-state index in [9.17, 15) is 30.3 Å². The molecule has 1 aromatic rings. The highest BCUT2D eigenvalue weighted by molar-refractivity contribution is 5.74. The lowest BCUT2D eigenvalue weighted by Gasteiger charge is -2.61. The Bertz CT molecular complexity index is 1880. The zero-order valence-electron chi connectivity index (χ0n) is 38.1. The highest BCUT2D eigenvalue weighted by atomic mass is 16.6. The van der Waals surface area contributed by atoms with E-state index < -0.39 is 35.1 Å². The molecule has 1 spiro atoms. The van der Waals surface area contributed by atoms with Crippen molar-refractivity contribution in [2.45, 2.75) is 134 Å². The van der Waals surface area contributed by atoms with Gasteiger partial charge in [0, 0.05) is 56.0 Å². The van der Waals surface area contributed by atoms with Gasteiger partial charge in [-0.2, -0.15) is 0 Å². The predicted octanol–water partition coefficient (Wildman–Crippen LogP) is 6.58. The van der Waals surface area contributed by atoms with E-state index in [1.165, 1.54) is 11.1 Å². The summed E-state index contributed by atoms with van der Waals surface area (Å²) in [7, 11) is 3.57. The maximum absolute atomic E-state index is 13.0. The van der Waals surface area contributed by atoms with Crippen molar-refractivity contribution in [3.8, 4) is 0 Å². The Hall–Kier alpha value is -3.03. The van der Waals surface area contributed by atoms with Gasteiger partial charge in [0.15, 0.2) is 5.79 Å². The average molecular weight is 857 g/mol. The van der Waals surface area contributed by atoms with Crippen molar-refractivity contribution in [3.63, 3.8) is 0 Å². The Morgan fingerprint density at radius 1 is 1.10 bits per heavy atom. The van der Waals surface area contributed by atoms with Gasteiger partial charge in [0.05, 0.1) is 18.3 Å². The first kappa shape index (κ1) is 48.4. The van der Waals surface area contributed by atoms with Gasteiger partial charge in [-0.05, 0) is 151 Å². The molecule has 10 heteroatoms. The number of fused-ring (bicyclic) bond motifs is 5. The quantitative estimate of drug-likeness (QED) is 0.0319. The Labute approximate surface area is 371 Å². The van der Waals surface area contributed by atoms with E-state index in [0.29, 0.717) is 70.1 Å². The molecule has 1 aliphatic heterocycles. The molecule has 4 bridgehead atoms. The first-order valence-corrected chi connectivity index (χ1v) is 23.3. The van der Waals surface area contributed by atoms with Crippen molar-refractivity contribution in [1.82, 2.24) is 10.6 Å². The van der Waals surface area contributed by atoms with E-state index in [4.69, 9.17) is 9.47 Å². The van der Waals surface area contributed by atoms with Crippen molar-refractivity contribution in [1.29, 1.82) is 0 Å². The van der Waals surface area contributed by atoms with E-state index in [1.54, 1.807) is 7.11 Å². The first-order valence-electron chi connectivity index (χ1n) is 23.3. The van der Waals surface area contributed by atoms with Crippen molar-refractivity contribution in [3.05, 3.63) is 106 Å². The van der Waals surface area contributed by atoms with Crippen LogP contribution in [-0.2, 0) is 27.1 Å². The monoisotopic (exact) mass is 857 g/mol. The molecule has 0 radical (unpaired) electrons. The molecule has 5 aliphatic rings. The van der Waals surface area contributed by atoms with E-state index in [0.717, 1.165) is 60.7 Å². The minimum Gasteiger partial charge on any atom is -0.396 e. The Balaban J connectivity index is 1.34. The van der Waals surface area contributed by atoms with Gasteiger partial charge in [0.25, 0.3) is 0 Å². The van der Waals surface area contributed by atoms with E-state index >= 15 is 0 Å². The third-order valence-electron chi connectivity index (χ3n) is 15.5. The summed E-state index contributed by atoms with van der Waals surface area (Å²) < 4.78 is 11.8. The smallest absolute Gasteiger partial charge is 0.165 e. The minimum absolute atomic E-state index is 0.0436. The van der Waals surface area contributed by atoms with Crippen LogP contribution < -0.4 is 10.6 Å². The number of aliphatic hydroxyl groups excluding tert-OH is 3. The van der Waals surface area contributed by atoms with Gasteiger partial charge in [-0.3, -0.25) is 10.1 Å². The molecule has 1 heterocycles. The van der Waals surface area contributed by atoms with Gasteiger partial charge < -0.3 is 40.3 Å². The zero-order chi connectivity index (χ0) is 44.7. The summed E-state index contributed by atoms with van der Waals surface area (Å²) in [5.41, 5.74) is 4.01. The number of benzene rings is 1. The van der Waals surface area contributed by atoms with Gasteiger partial charge in [0.2, 0.25) is 0 Å². The van der Waals surface area contributed by atoms with Gasteiger partial charge in [-0.1, -0.05) is 78.4 Å². The third-order valence-corrected chi connectivity index (χ3v) is 15.5. The first-order chi connectivity index (χ1) is 29.6. The lowest BCUT2D eigenvalue weighted by atomic mass is 9.45. The molecule has 10 unspecified atom stereocenters. The number of aldehydes is 1. The van der Waals surface area contributed by atoms with Crippen molar-refractivity contribution in [2.24, 2.45) is 35.0 Å². The number of methoxy groups -OCH3 is 1. The molecule has 62 heavy (non-hydrogen) atoms. The second kappa shape index (κ2) is 20.9. The topological polar surface area (TPSA) is 161 Å². The Morgan fingerprint density at radius 2 is 1.85 bits per heavy atom. The summed E-state index contributed by atoms with van der Waals surface area (Å²) in [6.45, 7) is 11.7. The summed E-state index contributed by atoms with van der Waals surface area (Å²) in [6, 6.07) is 8.68. The molecule has 3 saturated carbocycles. The second-order valence-electron chi connectivity index (χ2n) is 19.7. The van der Waals surface area contributed by atoms with Crippen molar-refractivity contribution >= 4 is 6.29 Å². The molecule has 0 aromatic heterocycles. The van der Waals surface area contributed by atoms with Crippen LogP contribution in [0.25, 0.3) is 0 Å². The number of allylic oxidation sites excluding steroid dienone is 9. The average Bonchev–Trinajstić information content (AvgIpc) is 3.84. The molecule has 1 aromatic carbocycles. The maximum atomic E-state index is 13.0. The maximum Gasteiger partial charge on any atom is 0.165 e. The summed E-state index contributed by atoms with van der Waals surface area (Å²) in [5.74, 6) is -2.23. The molecule has 0 amide bonds. The summed E-state index contributed by atoms with van der Waals surface area (Å²) >= 11 is 0. The van der Waals surface area contributed by atoms with Crippen molar-refractivity contribution < 1.29 is 39.8 Å². The molecule has 3 fully saturated rings. The van der Waals surface area contributed by atoms with Crippen LogP contribution in [0.15, 0.2) is 95.2 Å². The Kier molecular flexibility index (Phi) is 16.3. The number of hydrogen-bond donors (Lipinski definition) is 7. The fourth-order valence-corrected chi connectivity index (χ4v) is 12.0. The molecule has 342 valence electrons. The minimum atomic E-state index is -1.26. The van der Waals surface area contributed by atoms with Gasteiger partial charge in [0.1, 0.15) is 12.5 Å². The molecule has 7 N–H and O–H groups in total.